The molecule has 0 aliphatic rings. The van der Waals surface area contributed by atoms with Gasteiger partial charge in [0.1, 0.15) is 5.82 Å². The van der Waals surface area contributed by atoms with E-state index in [1.165, 1.54) is 12.1 Å². The zero-order valence-electron chi connectivity index (χ0n) is 9.38. The molecular weight excluding hydrogens is 257 g/mol. The standard InChI is InChI=1S/C11H8FN3O4/c12-8-3-2-7(5-6(8)1-4-9(16)17)15-10(18)13-14-11(15)19/h1-5H,(H,13,18)(H,14,19)(H,16,17)/b4-1+. The van der Waals surface area contributed by atoms with E-state index < -0.39 is 23.2 Å². The molecule has 1 heterocycles. The van der Waals surface area contributed by atoms with Crippen LogP contribution in [0.3, 0.4) is 0 Å². The highest BCUT2D eigenvalue weighted by atomic mass is 19.1. The second-order valence-electron chi connectivity index (χ2n) is 3.57. The molecule has 3 N–H and O–H groups in total. The predicted molar refractivity (Wildman–Crippen MR) is 63.6 cm³/mol. The fraction of sp³-hybridized carbons (Fsp3) is 0. The maximum absolute atomic E-state index is 13.4. The first kappa shape index (κ1) is 12.6. The predicted octanol–water partition coefficient (Wildman–Crippen LogP) is 0.0908. The zero-order valence-corrected chi connectivity index (χ0v) is 9.38. The first-order valence-electron chi connectivity index (χ1n) is 5.09. The number of carboxylic acids is 1. The number of carboxylic acid groups (broad SMARTS) is 1. The van der Waals surface area contributed by atoms with Crippen LogP contribution in [0, 0.1) is 5.82 Å². The fourth-order valence-corrected chi connectivity index (χ4v) is 1.50. The van der Waals surface area contributed by atoms with Crippen molar-refractivity contribution >= 4 is 12.0 Å². The van der Waals surface area contributed by atoms with Gasteiger partial charge in [-0.2, -0.15) is 0 Å². The number of H-pyrrole nitrogens is 2. The molecule has 0 saturated heterocycles. The highest BCUT2D eigenvalue weighted by Gasteiger charge is 2.08. The van der Waals surface area contributed by atoms with Crippen molar-refractivity contribution in [3.63, 3.8) is 0 Å². The van der Waals surface area contributed by atoms with Crippen molar-refractivity contribution in [2.75, 3.05) is 0 Å². The van der Waals surface area contributed by atoms with Crippen molar-refractivity contribution in [3.05, 3.63) is 56.6 Å². The molecule has 0 radical (unpaired) electrons. The van der Waals surface area contributed by atoms with Crippen LogP contribution in [0.5, 0.6) is 0 Å². The molecule has 0 spiro atoms. The molecule has 0 saturated carbocycles. The first-order valence-corrected chi connectivity index (χ1v) is 5.09. The number of benzene rings is 1. The third-order valence-corrected chi connectivity index (χ3v) is 2.33. The van der Waals surface area contributed by atoms with Gasteiger partial charge in [0.2, 0.25) is 0 Å². The summed E-state index contributed by atoms with van der Waals surface area (Å²) in [5.74, 6) is -1.90. The Morgan fingerprint density at radius 1 is 1.26 bits per heavy atom. The van der Waals surface area contributed by atoms with Crippen molar-refractivity contribution in [1.29, 1.82) is 0 Å². The minimum Gasteiger partial charge on any atom is -0.478 e. The van der Waals surface area contributed by atoms with Gasteiger partial charge >= 0.3 is 17.3 Å². The number of halogens is 1. The lowest BCUT2D eigenvalue weighted by Crippen LogP contribution is -2.24. The van der Waals surface area contributed by atoms with Crippen LogP contribution in [0.4, 0.5) is 4.39 Å². The lowest BCUT2D eigenvalue weighted by Gasteiger charge is -2.02. The number of aromatic nitrogens is 3. The van der Waals surface area contributed by atoms with Gasteiger partial charge in [0.25, 0.3) is 0 Å². The van der Waals surface area contributed by atoms with Crippen molar-refractivity contribution < 1.29 is 14.3 Å². The molecule has 0 atom stereocenters. The molecule has 0 aliphatic carbocycles. The van der Waals surface area contributed by atoms with Crippen LogP contribution in [0.25, 0.3) is 11.8 Å². The van der Waals surface area contributed by atoms with E-state index in [0.29, 0.717) is 0 Å². The van der Waals surface area contributed by atoms with Crippen molar-refractivity contribution in [2.24, 2.45) is 0 Å². The van der Waals surface area contributed by atoms with E-state index in [4.69, 9.17) is 5.11 Å². The van der Waals surface area contributed by atoms with E-state index in [-0.39, 0.29) is 11.3 Å². The normalized spacial score (nSPS) is 11.0. The third kappa shape index (κ3) is 2.51. The van der Waals surface area contributed by atoms with Gasteiger partial charge in [-0.25, -0.2) is 33.5 Å². The van der Waals surface area contributed by atoms with E-state index in [1.807, 2.05) is 0 Å². The number of nitrogens with zero attached hydrogens (tertiary/aromatic N) is 1. The Labute approximate surface area is 104 Å². The van der Waals surface area contributed by atoms with Crippen LogP contribution < -0.4 is 11.4 Å². The van der Waals surface area contributed by atoms with Gasteiger partial charge < -0.3 is 5.11 Å². The largest absolute Gasteiger partial charge is 0.478 e. The minimum atomic E-state index is -1.23. The Balaban J connectivity index is 2.56. The SMILES string of the molecule is O=C(O)/C=C/c1cc(-n2c(=O)[nH][nH]c2=O)ccc1F. The summed E-state index contributed by atoms with van der Waals surface area (Å²) in [6.45, 7) is 0. The Hall–Kier alpha value is -2.90. The fourth-order valence-electron chi connectivity index (χ4n) is 1.50. The number of aliphatic carboxylic acids is 1. The molecule has 0 fully saturated rings. The lowest BCUT2D eigenvalue weighted by atomic mass is 10.1. The molecule has 0 amide bonds. The van der Waals surface area contributed by atoms with E-state index in [2.05, 4.69) is 10.2 Å². The topological polar surface area (TPSA) is 108 Å². The first-order chi connectivity index (χ1) is 8.99. The summed E-state index contributed by atoms with van der Waals surface area (Å²) in [4.78, 5) is 33.1. The summed E-state index contributed by atoms with van der Waals surface area (Å²) in [5, 5.41) is 12.7. The van der Waals surface area contributed by atoms with E-state index in [0.717, 1.165) is 22.8 Å². The number of hydrogen-bond acceptors (Lipinski definition) is 3. The second-order valence-corrected chi connectivity index (χ2v) is 3.57. The number of nitrogens with one attached hydrogen (secondary N) is 2. The highest BCUT2D eigenvalue weighted by molar-refractivity contribution is 5.85. The van der Waals surface area contributed by atoms with Crippen LogP contribution in [-0.4, -0.2) is 25.8 Å². The maximum Gasteiger partial charge on any atom is 0.348 e. The Bertz CT molecular complexity index is 741. The van der Waals surface area contributed by atoms with Gasteiger partial charge in [-0.15, -0.1) is 0 Å². The summed E-state index contributed by atoms with van der Waals surface area (Å²) < 4.78 is 14.2. The number of aromatic amines is 2. The Kier molecular flexibility index (Phi) is 3.15. The zero-order chi connectivity index (χ0) is 14.0. The number of rotatable bonds is 3. The van der Waals surface area contributed by atoms with Gasteiger partial charge in [-0.05, 0) is 24.3 Å². The van der Waals surface area contributed by atoms with Gasteiger partial charge in [0.05, 0.1) is 5.69 Å². The van der Waals surface area contributed by atoms with Crippen LogP contribution in [-0.2, 0) is 4.79 Å². The average Bonchev–Trinajstić information content (AvgIpc) is 2.68. The number of hydrogen-bond donors (Lipinski definition) is 3. The molecule has 2 rings (SSSR count). The van der Waals surface area contributed by atoms with E-state index in [9.17, 15) is 18.8 Å². The molecular formula is C11H8FN3O4. The molecule has 1 aromatic carbocycles. The molecule has 2 aromatic rings. The summed E-state index contributed by atoms with van der Waals surface area (Å²) in [5.41, 5.74) is -1.33. The molecule has 7 nitrogen and oxygen atoms in total. The van der Waals surface area contributed by atoms with Gasteiger partial charge in [-0.1, -0.05) is 0 Å². The maximum atomic E-state index is 13.4. The third-order valence-electron chi connectivity index (χ3n) is 2.33. The van der Waals surface area contributed by atoms with Crippen LogP contribution >= 0.6 is 0 Å². The van der Waals surface area contributed by atoms with E-state index in [1.54, 1.807) is 0 Å². The molecule has 0 unspecified atom stereocenters. The van der Waals surface area contributed by atoms with Crippen LogP contribution in [0.1, 0.15) is 5.56 Å². The monoisotopic (exact) mass is 265 g/mol. The van der Waals surface area contributed by atoms with Gasteiger partial charge in [0, 0.05) is 11.6 Å². The smallest absolute Gasteiger partial charge is 0.348 e. The van der Waals surface area contributed by atoms with Gasteiger partial charge in [0.15, 0.2) is 0 Å². The van der Waals surface area contributed by atoms with Gasteiger partial charge in [-0.3, -0.25) is 0 Å². The second kappa shape index (κ2) is 4.77. The Morgan fingerprint density at radius 3 is 2.47 bits per heavy atom. The average molecular weight is 265 g/mol. The summed E-state index contributed by atoms with van der Waals surface area (Å²) in [7, 11) is 0. The molecule has 98 valence electrons. The summed E-state index contributed by atoms with van der Waals surface area (Å²) >= 11 is 0. The minimum absolute atomic E-state index is 0.0487. The molecule has 1 aromatic heterocycles. The molecule has 8 heteroatoms. The van der Waals surface area contributed by atoms with Crippen molar-refractivity contribution in [1.82, 2.24) is 14.8 Å². The van der Waals surface area contributed by atoms with Crippen molar-refractivity contribution in [3.8, 4) is 5.69 Å². The summed E-state index contributed by atoms with van der Waals surface area (Å²) in [6, 6.07) is 3.47. The Morgan fingerprint density at radius 2 is 1.89 bits per heavy atom. The molecule has 0 aliphatic heterocycles. The van der Waals surface area contributed by atoms with Crippen molar-refractivity contribution in [2.45, 2.75) is 0 Å². The van der Waals surface area contributed by atoms with E-state index >= 15 is 0 Å². The quantitative estimate of drug-likeness (QED) is 0.683. The van der Waals surface area contributed by atoms with Crippen LogP contribution in [0.2, 0.25) is 0 Å². The summed E-state index contributed by atoms with van der Waals surface area (Å²) in [6.07, 6.45) is 1.79. The molecule has 19 heavy (non-hydrogen) atoms. The molecule has 0 bridgehead atoms. The van der Waals surface area contributed by atoms with Crippen LogP contribution in [0.15, 0.2) is 33.9 Å². The lowest BCUT2D eigenvalue weighted by molar-refractivity contribution is -0.131. The highest BCUT2D eigenvalue weighted by Crippen LogP contribution is 2.13. The number of carbonyl (C=O) groups is 1.